The van der Waals surface area contributed by atoms with Gasteiger partial charge < -0.3 is 4.74 Å². The quantitative estimate of drug-likeness (QED) is 0.475. The molecule has 0 amide bonds. The molecule has 0 saturated heterocycles. The number of hydrogen-bond acceptors (Lipinski definition) is 2. The molecule has 2 nitrogen and oxygen atoms in total. The molecule has 2 unspecified atom stereocenters. The van der Waals surface area contributed by atoms with E-state index in [9.17, 15) is 4.79 Å². The van der Waals surface area contributed by atoms with Crippen LogP contribution in [0.3, 0.4) is 0 Å². The van der Waals surface area contributed by atoms with Crippen LogP contribution in [0.5, 0.6) is 0 Å². The van der Waals surface area contributed by atoms with Crippen LogP contribution in [0.15, 0.2) is 12.2 Å². The Kier molecular flexibility index (Phi) is 7.10. The fourth-order valence-corrected chi connectivity index (χ4v) is 1.62. The molecule has 0 aromatic heterocycles. The summed E-state index contributed by atoms with van der Waals surface area (Å²) in [4.78, 5) is 11.4. The van der Waals surface area contributed by atoms with E-state index in [2.05, 4.69) is 27.4 Å². The van der Waals surface area contributed by atoms with Crippen molar-refractivity contribution in [2.75, 3.05) is 0 Å². The molecular weight excluding hydrogens is 188 g/mol. The van der Waals surface area contributed by atoms with Gasteiger partial charge in [-0.15, -0.1) is 0 Å². The highest BCUT2D eigenvalue weighted by Crippen LogP contribution is 2.19. The minimum absolute atomic E-state index is 0.0548. The van der Waals surface area contributed by atoms with Crippen LogP contribution in [0.1, 0.15) is 53.4 Å². The molecule has 2 atom stereocenters. The Morgan fingerprint density at radius 2 is 1.80 bits per heavy atom. The predicted molar refractivity (Wildman–Crippen MR) is 63.7 cm³/mol. The van der Waals surface area contributed by atoms with E-state index in [1.54, 1.807) is 6.92 Å². The van der Waals surface area contributed by atoms with Crippen molar-refractivity contribution in [3.05, 3.63) is 12.2 Å². The van der Waals surface area contributed by atoms with Crippen LogP contribution >= 0.6 is 0 Å². The molecule has 0 radical (unpaired) electrons. The highest BCUT2D eigenvalue weighted by Gasteiger charge is 2.20. The first-order valence-corrected chi connectivity index (χ1v) is 5.89. The van der Waals surface area contributed by atoms with Crippen molar-refractivity contribution >= 4 is 5.97 Å². The van der Waals surface area contributed by atoms with E-state index >= 15 is 0 Å². The van der Waals surface area contributed by atoms with Gasteiger partial charge in [0.2, 0.25) is 0 Å². The minimum Gasteiger partial charge on any atom is -0.459 e. The molecule has 0 aromatic rings. The molecule has 0 fully saturated rings. The average molecular weight is 212 g/mol. The van der Waals surface area contributed by atoms with Crippen LogP contribution in [0, 0.1) is 5.92 Å². The Morgan fingerprint density at radius 1 is 1.27 bits per heavy atom. The molecule has 0 aliphatic carbocycles. The topological polar surface area (TPSA) is 26.3 Å². The third-order valence-electron chi connectivity index (χ3n) is 2.56. The summed E-state index contributed by atoms with van der Waals surface area (Å²) in [6.07, 6.45) is 4.28. The summed E-state index contributed by atoms with van der Waals surface area (Å²) in [6.45, 7) is 11.7. The molecule has 0 heterocycles. The van der Waals surface area contributed by atoms with Crippen molar-refractivity contribution in [3.63, 3.8) is 0 Å². The Bertz CT molecular complexity index is 209. The Morgan fingerprint density at radius 3 is 2.20 bits per heavy atom. The minimum atomic E-state index is -0.253. The summed E-state index contributed by atoms with van der Waals surface area (Å²) < 4.78 is 5.43. The smallest absolute Gasteiger partial charge is 0.333 e. The van der Waals surface area contributed by atoms with Gasteiger partial charge in [-0.05, 0) is 25.7 Å². The second-order valence-electron chi connectivity index (χ2n) is 4.28. The summed E-state index contributed by atoms with van der Waals surface area (Å²) in [6, 6.07) is 0. The highest BCUT2D eigenvalue weighted by molar-refractivity contribution is 5.87. The number of rotatable bonds is 7. The average Bonchev–Trinajstić information content (AvgIpc) is 2.17. The van der Waals surface area contributed by atoms with E-state index in [1.807, 2.05) is 0 Å². The number of esters is 1. The molecule has 0 aromatic carbocycles. The van der Waals surface area contributed by atoms with Crippen molar-refractivity contribution in [1.29, 1.82) is 0 Å². The molecule has 15 heavy (non-hydrogen) atoms. The molecule has 2 heteroatoms. The molecule has 0 spiro atoms. The molecule has 0 saturated carbocycles. The van der Waals surface area contributed by atoms with E-state index in [1.165, 1.54) is 0 Å². The third kappa shape index (κ3) is 5.60. The standard InChI is InChI=1S/C13H24O2/c1-6-8-11(5)12(9-7-2)15-13(14)10(3)4/h11-12H,3,6-9H2,1-2,4-5H3. The fourth-order valence-electron chi connectivity index (χ4n) is 1.62. The number of carbonyl (C=O) groups excluding carboxylic acids is 1. The largest absolute Gasteiger partial charge is 0.459 e. The zero-order valence-corrected chi connectivity index (χ0v) is 10.5. The number of ether oxygens (including phenoxy) is 1. The maximum Gasteiger partial charge on any atom is 0.333 e. The van der Waals surface area contributed by atoms with Gasteiger partial charge in [0.05, 0.1) is 0 Å². The molecule has 0 aliphatic heterocycles. The Hall–Kier alpha value is -0.790. The first kappa shape index (κ1) is 14.2. The van der Waals surface area contributed by atoms with Gasteiger partial charge >= 0.3 is 5.97 Å². The van der Waals surface area contributed by atoms with E-state index in [-0.39, 0.29) is 12.1 Å². The SMILES string of the molecule is C=C(C)C(=O)OC(CCC)C(C)CCC. The van der Waals surface area contributed by atoms with Crippen LogP contribution in [0.4, 0.5) is 0 Å². The van der Waals surface area contributed by atoms with Crippen LogP contribution in [0.2, 0.25) is 0 Å². The first-order chi connectivity index (χ1) is 7.02. The van der Waals surface area contributed by atoms with Gasteiger partial charge in [0.25, 0.3) is 0 Å². The lowest BCUT2D eigenvalue weighted by molar-refractivity contribution is -0.147. The lowest BCUT2D eigenvalue weighted by Crippen LogP contribution is -2.25. The Labute approximate surface area is 93.7 Å². The summed E-state index contributed by atoms with van der Waals surface area (Å²) in [5.74, 6) is 0.189. The van der Waals surface area contributed by atoms with Crippen molar-refractivity contribution in [1.82, 2.24) is 0 Å². The zero-order valence-electron chi connectivity index (χ0n) is 10.5. The predicted octanol–water partition coefficient (Wildman–Crippen LogP) is 3.71. The second-order valence-corrected chi connectivity index (χ2v) is 4.28. The van der Waals surface area contributed by atoms with Crippen LogP contribution in [-0.2, 0) is 9.53 Å². The summed E-state index contributed by atoms with van der Waals surface area (Å²) in [5.41, 5.74) is 0.486. The van der Waals surface area contributed by atoms with Crippen LogP contribution < -0.4 is 0 Å². The van der Waals surface area contributed by atoms with Crippen LogP contribution in [0.25, 0.3) is 0 Å². The van der Waals surface area contributed by atoms with Gasteiger partial charge in [-0.3, -0.25) is 0 Å². The molecule has 0 rings (SSSR count). The van der Waals surface area contributed by atoms with Crippen molar-refractivity contribution in [2.45, 2.75) is 59.5 Å². The lowest BCUT2D eigenvalue weighted by Gasteiger charge is -2.23. The molecule has 0 N–H and O–H groups in total. The maximum absolute atomic E-state index is 11.4. The molecule has 0 aliphatic rings. The molecule has 88 valence electrons. The normalized spacial score (nSPS) is 14.4. The van der Waals surface area contributed by atoms with Gasteiger partial charge in [0.15, 0.2) is 0 Å². The first-order valence-electron chi connectivity index (χ1n) is 5.89. The zero-order chi connectivity index (χ0) is 11.8. The van der Waals surface area contributed by atoms with Crippen LogP contribution in [-0.4, -0.2) is 12.1 Å². The van der Waals surface area contributed by atoms with E-state index in [0.717, 1.165) is 25.7 Å². The molecule has 0 bridgehead atoms. The van der Waals surface area contributed by atoms with E-state index in [4.69, 9.17) is 4.74 Å². The van der Waals surface area contributed by atoms with E-state index in [0.29, 0.717) is 11.5 Å². The van der Waals surface area contributed by atoms with Gasteiger partial charge in [0, 0.05) is 5.57 Å². The fraction of sp³-hybridized carbons (Fsp3) is 0.769. The second kappa shape index (κ2) is 7.49. The van der Waals surface area contributed by atoms with Gasteiger partial charge in [-0.2, -0.15) is 0 Å². The third-order valence-corrected chi connectivity index (χ3v) is 2.56. The van der Waals surface area contributed by atoms with Gasteiger partial charge in [-0.25, -0.2) is 4.79 Å². The summed E-state index contributed by atoms with van der Waals surface area (Å²) in [7, 11) is 0. The number of carbonyl (C=O) groups is 1. The monoisotopic (exact) mass is 212 g/mol. The Balaban J connectivity index is 4.25. The highest BCUT2D eigenvalue weighted by atomic mass is 16.5. The lowest BCUT2D eigenvalue weighted by atomic mass is 9.96. The summed E-state index contributed by atoms with van der Waals surface area (Å²) >= 11 is 0. The van der Waals surface area contributed by atoms with E-state index < -0.39 is 0 Å². The summed E-state index contributed by atoms with van der Waals surface area (Å²) in [5, 5.41) is 0. The van der Waals surface area contributed by atoms with Crippen molar-refractivity contribution < 1.29 is 9.53 Å². The van der Waals surface area contributed by atoms with Gasteiger partial charge in [-0.1, -0.05) is 40.2 Å². The van der Waals surface area contributed by atoms with Gasteiger partial charge in [0.1, 0.15) is 6.10 Å². The van der Waals surface area contributed by atoms with Crippen molar-refractivity contribution in [2.24, 2.45) is 5.92 Å². The molecular formula is C13H24O2. The number of hydrogen-bond donors (Lipinski definition) is 0. The van der Waals surface area contributed by atoms with Crippen molar-refractivity contribution in [3.8, 4) is 0 Å². The maximum atomic E-state index is 11.4.